The van der Waals surface area contributed by atoms with Gasteiger partial charge in [0.2, 0.25) is 0 Å². The van der Waals surface area contributed by atoms with Crippen molar-refractivity contribution < 1.29 is 19.8 Å². The van der Waals surface area contributed by atoms with Crippen LogP contribution in [0.25, 0.3) is 16.9 Å². The number of carboxylic acids is 1. The van der Waals surface area contributed by atoms with E-state index in [1.807, 2.05) is 42.5 Å². The van der Waals surface area contributed by atoms with E-state index < -0.39 is 11.8 Å². The van der Waals surface area contributed by atoms with Crippen LogP contribution in [0.5, 0.6) is 0 Å². The van der Waals surface area contributed by atoms with Gasteiger partial charge in [-0.1, -0.05) is 54.6 Å². The maximum atomic E-state index is 11.1. The maximum absolute atomic E-state index is 11.1. The molecule has 0 spiro atoms. The molecular formula is C19H16O4S. The minimum absolute atomic E-state index is 0.00319. The number of carbonyl (C=O) groups is 2. The number of hydrogen-bond donors (Lipinski definition) is 2. The molecule has 4 nitrogen and oxygen atoms in total. The van der Waals surface area contributed by atoms with Crippen molar-refractivity contribution in [2.24, 2.45) is 0 Å². The summed E-state index contributed by atoms with van der Waals surface area (Å²) in [5.41, 5.74) is 2.69. The number of aliphatic carboxylic acids is 1. The van der Waals surface area contributed by atoms with Crippen LogP contribution in [-0.2, 0) is 9.59 Å². The fraction of sp³-hybridized carbons (Fsp3) is 0.0526. The van der Waals surface area contributed by atoms with E-state index >= 15 is 0 Å². The highest BCUT2D eigenvalue weighted by molar-refractivity contribution is 8.02. The van der Waals surface area contributed by atoms with Crippen molar-refractivity contribution in [1.29, 1.82) is 0 Å². The summed E-state index contributed by atoms with van der Waals surface area (Å²) in [4.78, 5) is 22.1. The van der Waals surface area contributed by atoms with Crippen LogP contribution in [0.4, 0.5) is 0 Å². The van der Waals surface area contributed by atoms with Gasteiger partial charge in [0, 0.05) is 10.5 Å². The molecule has 0 aliphatic rings. The zero-order chi connectivity index (χ0) is 17.5. The first kappa shape index (κ1) is 17.6. The molecule has 2 rings (SSSR count). The predicted molar refractivity (Wildman–Crippen MR) is 96.7 cm³/mol. The maximum Gasteiger partial charge on any atom is 0.376 e. The number of carbonyl (C=O) groups excluding carboxylic acids is 1. The number of benzene rings is 2. The third-order valence-corrected chi connectivity index (χ3v) is 4.08. The highest BCUT2D eigenvalue weighted by Crippen LogP contribution is 2.27. The molecule has 2 aromatic carbocycles. The van der Waals surface area contributed by atoms with E-state index in [2.05, 4.69) is 0 Å². The largest absolute Gasteiger partial charge is 0.506 e. The Hall–Kier alpha value is -2.79. The topological polar surface area (TPSA) is 74.6 Å². The number of thioether (sulfide) groups is 1. The first-order valence-corrected chi connectivity index (χ1v) is 8.34. The molecular weight excluding hydrogens is 324 g/mol. The van der Waals surface area contributed by atoms with Crippen molar-refractivity contribution >= 4 is 29.3 Å². The van der Waals surface area contributed by atoms with E-state index in [4.69, 9.17) is 5.11 Å². The number of ketones is 1. The van der Waals surface area contributed by atoms with Gasteiger partial charge in [0.1, 0.15) is 5.76 Å². The summed E-state index contributed by atoms with van der Waals surface area (Å²) in [6.45, 7) is 0. The lowest BCUT2D eigenvalue weighted by Crippen LogP contribution is -2.08. The second-order valence-electron chi connectivity index (χ2n) is 4.86. The van der Waals surface area contributed by atoms with E-state index in [0.29, 0.717) is 10.5 Å². The molecule has 0 heterocycles. The van der Waals surface area contributed by atoms with Gasteiger partial charge < -0.3 is 10.2 Å². The highest BCUT2D eigenvalue weighted by atomic mass is 32.2. The monoisotopic (exact) mass is 340 g/mol. The summed E-state index contributed by atoms with van der Waals surface area (Å²) in [5, 5.41) is 18.9. The van der Waals surface area contributed by atoms with Gasteiger partial charge in [0.15, 0.2) is 0 Å². The Morgan fingerprint density at radius 1 is 0.875 bits per heavy atom. The first-order chi connectivity index (χ1) is 11.5. The molecule has 0 aliphatic carbocycles. The van der Waals surface area contributed by atoms with Crippen molar-refractivity contribution in [2.45, 2.75) is 0 Å². The van der Waals surface area contributed by atoms with Gasteiger partial charge in [0.25, 0.3) is 5.78 Å². The third-order valence-electron chi connectivity index (χ3n) is 3.32. The quantitative estimate of drug-likeness (QED) is 0.357. The SMILES string of the molecule is CSC(C=CC(=O)C(=O)O)=C(O)c1ccc(-c2ccccc2)cc1. The van der Waals surface area contributed by atoms with E-state index in [1.165, 1.54) is 17.8 Å². The molecule has 0 radical (unpaired) electrons. The van der Waals surface area contributed by atoms with Gasteiger partial charge in [-0.3, -0.25) is 4.79 Å². The first-order valence-electron chi connectivity index (χ1n) is 7.11. The summed E-state index contributed by atoms with van der Waals surface area (Å²) in [7, 11) is 0. The predicted octanol–water partition coefficient (Wildman–Crippen LogP) is 4.15. The van der Waals surface area contributed by atoms with Crippen LogP contribution < -0.4 is 0 Å². The van der Waals surface area contributed by atoms with Crippen molar-refractivity contribution in [3.8, 4) is 11.1 Å². The molecule has 2 N–H and O–H groups in total. The highest BCUT2D eigenvalue weighted by Gasteiger charge is 2.09. The number of allylic oxidation sites excluding steroid dienone is 1. The van der Waals surface area contributed by atoms with Crippen molar-refractivity contribution in [3.63, 3.8) is 0 Å². The number of aliphatic hydroxyl groups excluding tert-OH is 1. The van der Waals surface area contributed by atoms with Crippen molar-refractivity contribution in [3.05, 3.63) is 77.2 Å². The lowest BCUT2D eigenvalue weighted by Gasteiger charge is -2.07. The lowest BCUT2D eigenvalue weighted by molar-refractivity contribution is -0.146. The molecule has 0 saturated carbocycles. The molecule has 0 amide bonds. The lowest BCUT2D eigenvalue weighted by atomic mass is 10.0. The van der Waals surface area contributed by atoms with Crippen LogP contribution in [0.15, 0.2) is 71.7 Å². The zero-order valence-corrected chi connectivity index (χ0v) is 13.8. The standard InChI is InChI=1S/C19H16O4S/c1-24-17(12-11-16(20)19(22)23)18(21)15-9-7-14(8-10-15)13-5-3-2-4-6-13/h2-12,21H,1H3,(H,22,23). The van der Waals surface area contributed by atoms with Crippen molar-refractivity contribution in [2.75, 3.05) is 6.26 Å². The van der Waals surface area contributed by atoms with Gasteiger partial charge in [-0.25, -0.2) is 4.79 Å². The summed E-state index contributed by atoms with van der Waals surface area (Å²) < 4.78 is 0. The summed E-state index contributed by atoms with van der Waals surface area (Å²) in [5.74, 6) is -2.57. The Morgan fingerprint density at radius 3 is 2.00 bits per heavy atom. The molecule has 2 aromatic rings. The van der Waals surface area contributed by atoms with Gasteiger partial charge in [-0.05, 0) is 29.5 Å². The second-order valence-corrected chi connectivity index (χ2v) is 5.71. The van der Waals surface area contributed by atoms with Crippen molar-refractivity contribution in [1.82, 2.24) is 0 Å². The Morgan fingerprint density at radius 2 is 1.46 bits per heavy atom. The third kappa shape index (κ3) is 4.36. The smallest absolute Gasteiger partial charge is 0.376 e. The fourth-order valence-electron chi connectivity index (χ4n) is 2.06. The Balaban J connectivity index is 2.28. The molecule has 0 saturated heterocycles. The molecule has 0 fully saturated rings. The van der Waals surface area contributed by atoms with Gasteiger partial charge in [-0.2, -0.15) is 0 Å². The summed E-state index contributed by atoms with van der Waals surface area (Å²) in [6.07, 6.45) is 3.98. The Bertz CT molecular complexity index is 790. The summed E-state index contributed by atoms with van der Waals surface area (Å²) >= 11 is 1.22. The molecule has 0 aromatic heterocycles. The van der Waals surface area contributed by atoms with E-state index in [1.54, 1.807) is 18.4 Å². The van der Waals surface area contributed by atoms with Gasteiger partial charge in [-0.15, -0.1) is 11.8 Å². The van der Waals surface area contributed by atoms with Crippen LogP contribution in [0.1, 0.15) is 5.56 Å². The Kier molecular flexibility index (Phi) is 5.98. The van der Waals surface area contributed by atoms with Gasteiger partial charge in [0.05, 0.1) is 0 Å². The average molecular weight is 340 g/mol. The van der Waals surface area contributed by atoms with Crippen LogP contribution >= 0.6 is 11.8 Å². The van der Waals surface area contributed by atoms with Crippen LogP contribution in [-0.4, -0.2) is 28.2 Å². The van der Waals surface area contributed by atoms with Crippen LogP contribution in [0, 0.1) is 0 Å². The zero-order valence-electron chi connectivity index (χ0n) is 13.0. The van der Waals surface area contributed by atoms with E-state index in [9.17, 15) is 14.7 Å². The number of aliphatic hydroxyl groups is 1. The number of carboxylic acid groups (broad SMARTS) is 1. The van der Waals surface area contributed by atoms with E-state index in [0.717, 1.165) is 17.2 Å². The van der Waals surface area contributed by atoms with E-state index in [-0.39, 0.29) is 5.76 Å². The molecule has 5 heteroatoms. The fourth-order valence-corrected chi connectivity index (χ4v) is 2.58. The minimum Gasteiger partial charge on any atom is -0.506 e. The summed E-state index contributed by atoms with van der Waals surface area (Å²) in [6, 6.07) is 17.2. The average Bonchev–Trinajstić information content (AvgIpc) is 2.62. The molecule has 0 atom stereocenters. The van der Waals surface area contributed by atoms with Gasteiger partial charge >= 0.3 is 5.97 Å². The molecule has 122 valence electrons. The number of rotatable bonds is 6. The molecule has 24 heavy (non-hydrogen) atoms. The normalized spacial score (nSPS) is 12.0. The molecule has 0 unspecified atom stereocenters. The minimum atomic E-state index is -1.53. The second kappa shape index (κ2) is 8.17. The molecule has 0 bridgehead atoms. The molecule has 0 aliphatic heterocycles. The Labute approximate surface area is 144 Å². The number of hydrogen-bond acceptors (Lipinski definition) is 4. The van der Waals surface area contributed by atoms with Crippen LogP contribution in [0.2, 0.25) is 0 Å². The van der Waals surface area contributed by atoms with Crippen LogP contribution in [0.3, 0.4) is 0 Å².